The molecule has 0 amide bonds. The van der Waals surface area contributed by atoms with Crippen LogP contribution in [-0.4, -0.2) is 48.2 Å². The van der Waals surface area contributed by atoms with Crippen LogP contribution in [0.25, 0.3) is 11.3 Å². The molecule has 5 nitrogen and oxygen atoms in total. The van der Waals surface area contributed by atoms with Crippen LogP contribution in [0.1, 0.15) is 41.3 Å². The van der Waals surface area contributed by atoms with Gasteiger partial charge in [0.25, 0.3) is 0 Å². The zero-order chi connectivity index (χ0) is 27.6. The molecule has 0 N–H and O–H groups in total. The van der Waals surface area contributed by atoms with Crippen molar-refractivity contribution >= 4 is 5.69 Å². The number of benzene rings is 3. The second kappa shape index (κ2) is 11.3. The van der Waals surface area contributed by atoms with E-state index in [0.717, 1.165) is 43.3 Å². The molecule has 0 atom stereocenters. The van der Waals surface area contributed by atoms with Gasteiger partial charge < -0.3 is 14.5 Å². The van der Waals surface area contributed by atoms with Gasteiger partial charge in [-0.05, 0) is 73.8 Å². The Labute approximate surface area is 232 Å². The lowest BCUT2D eigenvalue weighted by Gasteiger charge is -2.32. The van der Waals surface area contributed by atoms with Gasteiger partial charge in [0.15, 0.2) is 17.4 Å². The average Bonchev–Trinajstić information content (AvgIpc) is 2.96. The Balaban J connectivity index is 1.26. The standard InChI is InChI=1S/C32H31F3N4O/c1-38-11-9-23(10-12-38)25-8-7-22(15-26(25)33)16-30-36-19-28(35)31(37-30)24-17-27(34)32-29(18-24)39(13-14-40-32)20-21-5-3-2-4-6-21/h2-8,15,17-19,23H,9-14,16,20H2,1H3. The highest BCUT2D eigenvalue weighted by Gasteiger charge is 2.25. The van der Waals surface area contributed by atoms with Gasteiger partial charge in [0.05, 0.1) is 18.4 Å². The first kappa shape index (κ1) is 26.3. The van der Waals surface area contributed by atoms with Crippen LogP contribution in [0.15, 0.2) is 66.9 Å². The largest absolute Gasteiger partial charge is 0.486 e. The molecule has 1 aromatic heterocycles. The third kappa shape index (κ3) is 5.54. The maximum absolute atomic E-state index is 15.2. The number of ether oxygens (including phenoxy) is 1. The number of likely N-dealkylation sites (tertiary alicyclic amines) is 1. The van der Waals surface area contributed by atoms with E-state index in [1.807, 2.05) is 47.4 Å². The highest BCUT2D eigenvalue weighted by molar-refractivity contribution is 5.72. The summed E-state index contributed by atoms with van der Waals surface area (Å²) in [5.74, 6) is -0.762. The SMILES string of the molecule is CN1CCC(c2ccc(Cc3ncc(F)c(-c4cc(F)c5c(c4)N(Cc4ccccc4)CCO5)n3)cc2F)CC1. The molecule has 1 fully saturated rings. The quantitative estimate of drug-likeness (QED) is 0.283. The van der Waals surface area contributed by atoms with Crippen molar-refractivity contribution in [3.8, 4) is 17.0 Å². The van der Waals surface area contributed by atoms with Gasteiger partial charge in [0.1, 0.15) is 23.9 Å². The van der Waals surface area contributed by atoms with E-state index in [0.29, 0.717) is 42.3 Å². The Morgan fingerprint density at radius 3 is 2.45 bits per heavy atom. The van der Waals surface area contributed by atoms with E-state index in [2.05, 4.69) is 21.9 Å². The highest BCUT2D eigenvalue weighted by atomic mass is 19.1. The Morgan fingerprint density at radius 2 is 1.68 bits per heavy atom. The van der Waals surface area contributed by atoms with Crippen LogP contribution in [0.3, 0.4) is 0 Å². The number of hydrogen-bond donors (Lipinski definition) is 0. The number of fused-ring (bicyclic) bond motifs is 1. The maximum Gasteiger partial charge on any atom is 0.178 e. The van der Waals surface area contributed by atoms with Crippen LogP contribution in [0.2, 0.25) is 0 Å². The summed E-state index contributed by atoms with van der Waals surface area (Å²) in [7, 11) is 2.08. The summed E-state index contributed by atoms with van der Waals surface area (Å²) in [5, 5.41) is 0. The number of nitrogens with zero attached hydrogens (tertiary/aromatic N) is 4. The minimum Gasteiger partial charge on any atom is -0.486 e. The molecule has 0 saturated carbocycles. The third-order valence-corrected chi connectivity index (χ3v) is 7.84. The van der Waals surface area contributed by atoms with E-state index in [1.165, 1.54) is 12.1 Å². The topological polar surface area (TPSA) is 41.5 Å². The normalized spacial score (nSPS) is 16.1. The molecule has 1 saturated heterocycles. The van der Waals surface area contributed by atoms with Crippen LogP contribution in [0.4, 0.5) is 18.9 Å². The predicted octanol–water partition coefficient (Wildman–Crippen LogP) is 6.36. The number of rotatable bonds is 6. The fourth-order valence-electron chi connectivity index (χ4n) is 5.64. The number of hydrogen-bond acceptors (Lipinski definition) is 5. The molecule has 2 aliphatic rings. The lowest BCUT2D eigenvalue weighted by atomic mass is 9.88. The average molecular weight is 545 g/mol. The molecule has 0 radical (unpaired) electrons. The minimum absolute atomic E-state index is 0.000326. The van der Waals surface area contributed by atoms with E-state index in [9.17, 15) is 4.39 Å². The van der Waals surface area contributed by atoms with Gasteiger partial charge in [-0.2, -0.15) is 0 Å². The van der Waals surface area contributed by atoms with E-state index < -0.39 is 11.6 Å². The summed E-state index contributed by atoms with van der Waals surface area (Å²) in [6.07, 6.45) is 3.19. The molecule has 0 aliphatic carbocycles. The molecule has 8 heteroatoms. The Morgan fingerprint density at radius 1 is 0.875 bits per heavy atom. The van der Waals surface area contributed by atoms with E-state index in [-0.39, 0.29) is 29.6 Å². The van der Waals surface area contributed by atoms with Gasteiger partial charge in [-0.1, -0.05) is 42.5 Å². The molecule has 3 aromatic carbocycles. The first-order valence-electron chi connectivity index (χ1n) is 13.7. The number of aromatic nitrogens is 2. The van der Waals surface area contributed by atoms with Crippen LogP contribution >= 0.6 is 0 Å². The number of piperidine rings is 1. The third-order valence-electron chi connectivity index (χ3n) is 7.84. The van der Waals surface area contributed by atoms with Gasteiger partial charge in [-0.15, -0.1) is 0 Å². The monoisotopic (exact) mass is 544 g/mol. The number of halogens is 3. The minimum atomic E-state index is -0.654. The first-order chi connectivity index (χ1) is 19.4. The second-order valence-corrected chi connectivity index (χ2v) is 10.7. The summed E-state index contributed by atoms with van der Waals surface area (Å²) < 4.78 is 50.9. The number of anilines is 1. The van der Waals surface area contributed by atoms with Crippen LogP contribution in [0, 0.1) is 17.5 Å². The molecule has 0 bridgehead atoms. The van der Waals surface area contributed by atoms with Crippen LogP contribution in [-0.2, 0) is 13.0 Å². The first-order valence-corrected chi connectivity index (χ1v) is 13.7. The molecular formula is C32H31F3N4O. The summed E-state index contributed by atoms with van der Waals surface area (Å²) in [5.41, 5.74) is 3.36. The molecule has 2 aliphatic heterocycles. The zero-order valence-corrected chi connectivity index (χ0v) is 22.4. The molecule has 0 unspecified atom stereocenters. The van der Waals surface area contributed by atoms with Crippen molar-refractivity contribution in [2.75, 3.05) is 38.2 Å². The lowest BCUT2D eigenvalue weighted by Crippen LogP contribution is -2.32. The van der Waals surface area contributed by atoms with Gasteiger partial charge in [-0.25, -0.2) is 23.1 Å². The summed E-state index contributed by atoms with van der Waals surface area (Å²) in [6, 6.07) is 18.1. The van der Waals surface area contributed by atoms with Crippen molar-refractivity contribution in [1.82, 2.24) is 14.9 Å². The Hall–Kier alpha value is -3.91. The molecule has 0 spiro atoms. The smallest absolute Gasteiger partial charge is 0.178 e. The fourth-order valence-corrected chi connectivity index (χ4v) is 5.64. The second-order valence-electron chi connectivity index (χ2n) is 10.7. The molecule has 4 aromatic rings. The van der Waals surface area contributed by atoms with Crippen LogP contribution in [0.5, 0.6) is 5.75 Å². The van der Waals surface area contributed by atoms with Gasteiger partial charge in [0, 0.05) is 18.5 Å². The maximum atomic E-state index is 15.2. The predicted molar refractivity (Wildman–Crippen MR) is 149 cm³/mol. The molecular weight excluding hydrogens is 513 g/mol. The Kier molecular flexibility index (Phi) is 7.43. The molecule has 40 heavy (non-hydrogen) atoms. The lowest BCUT2D eigenvalue weighted by molar-refractivity contribution is 0.253. The van der Waals surface area contributed by atoms with Crippen molar-refractivity contribution in [3.05, 3.63) is 107 Å². The van der Waals surface area contributed by atoms with E-state index >= 15 is 8.78 Å². The fraction of sp³-hybridized carbons (Fsp3) is 0.312. The van der Waals surface area contributed by atoms with Gasteiger partial charge in [-0.3, -0.25) is 0 Å². The highest BCUT2D eigenvalue weighted by Crippen LogP contribution is 2.39. The summed E-state index contributed by atoms with van der Waals surface area (Å²) >= 11 is 0. The van der Waals surface area contributed by atoms with E-state index in [4.69, 9.17) is 4.74 Å². The van der Waals surface area contributed by atoms with Crippen LogP contribution < -0.4 is 9.64 Å². The molecule has 206 valence electrons. The summed E-state index contributed by atoms with van der Waals surface area (Å²) in [6.45, 7) is 3.41. The molecule has 3 heterocycles. The van der Waals surface area contributed by atoms with Crippen molar-refractivity contribution in [2.24, 2.45) is 0 Å². The van der Waals surface area contributed by atoms with Crippen molar-refractivity contribution in [2.45, 2.75) is 31.7 Å². The van der Waals surface area contributed by atoms with Crippen molar-refractivity contribution in [1.29, 1.82) is 0 Å². The molecule has 6 rings (SSSR count). The summed E-state index contributed by atoms with van der Waals surface area (Å²) in [4.78, 5) is 12.9. The van der Waals surface area contributed by atoms with Gasteiger partial charge in [0.2, 0.25) is 0 Å². The van der Waals surface area contributed by atoms with Crippen molar-refractivity contribution in [3.63, 3.8) is 0 Å². The Bertz CT molecular complexity index is 1510. The van der Waals surface area contributed by atoms with Crippen molar-refractivity contribution < 1.29 is 17.9 Å². The zero-order valence-electron chi connectivity index (χ0n) is 22.4. The van der Waals surface area contributed by atoms with E-state index in [1.54, 1.807) is 6.07 Å². The van der Waals surface area contributed by atoms with Gasteiger partial charge >= 0.3 is 0 Å².